The van der Waals surface area contributed by atoms with Crippen LogP contribution in [0.1, 0.15) is 32.6 Å². The second kappa shape index (κ2) is 3.93. The molecule has 1 aliphatic rings. The summed E-state index contributed by atoms with van der Waals surface area (Å²) < 4.78 is 0. The molecule has 0 aromatic heterocycles. The summed E-state index contributed by atoms with van der Waals surface area (Å²) in [7, 11) is 0. The van der Waals surface area contributed by atoms with E-state index in [0.717, 1.165) is 5.25 Å². The van der Waals surface area contributed by atoms with Crippen molar-refractivity contribution >= 4 is 11.8 Å². The van der Waals surface area contributed by atoms with Gasteiger partial charge < -0.3 is 0 Å². The van der Waals surface area contributed by atoms with Crippen molar-refractivity contribution in [3.05, 3.63) is 0 Å². The molecule has 1 rings (SSSR count). The van der Waals surface area contributed by atoms with E-state index in [1.807, 2.05) is 11.8 Å². The molecular formula is C9H14S. The zero-order valence-corrected chi connectivity index (χ0v) is 7.29. The lowest BCUT2D eigenvalue weighted by molar-refractivity contribution is 0.886. The molecule has 0 aromatic carbocycles. The first-order chi connectivity index (χ1) is 4.83. The van der Waals surface area contributed by atoms with Crippen LogP contribution in [0.15, 0.2) is 0 Å². The molecule has 10 heavy (non-hydrogen) atoms. The Bertz CT molecular complexity index is 128. The first kappa shape index (κ1) is 8.01. The highest BCUT2D eigenvalue weighted by Crippen LogP contribution is 2.31. The minimum atomic E-state index is 0.420. The van der Waals surface area contributed by atoms with E-state index in [-0.39, 0.29) is 0 Å². The Morgan fingerprint density at radius 3 is 2.60 bits per heavy atom. The van der Waals surface area contributed by atoms with Crippen LogP contribution in [0.4, 0.5) is 0 Å². The van der Waals surface area contributed by atoms with Crippen molar-refractivity contribution in [2.75, 3.05) is 0 Å². The molecule has 0 amide bonds. The molecule has 1 atom stereocenters. The van der Waals surface area contributed by atoms with Crippen LogP contribution < -0.4 is 0 Å². The van der Waals surface area contributed by atoms with E-state index < -0.39 is 0 Å². The Morgan fingerprint density at radius 1 is 1.50 bits per heavy atom. The monoisotopic (exact) mass is 154 g/mol. The highest BCUT2D eigenvalue weighted by molar-refractivity contribution is 8.00. The van der Waals surface area contributed by atoms with Crippen molar-refractivity contribution in [1.29, 1.82) is 0 Å². The van der Waals surface area contributed by atoms with Gasteiger partial charge in [-0.25, -0.2) is 0 Å². The van der Waals surface area contributed by atoms with Gasteiger partial charge in [0.1, 0.15) is 0 Å². The highest BCUT2D eigenvalue weighted by Gasteiger charge is 2.16. The first-order valence-electron chi connectivity index (χ1n) is 3.94. The van der Waals surface area contributed by atoms with E-state index in [0.29, 0.717) is 5.25 Å². The summed E-state index contributed by atoms with van der Waals surface area (Å²) in [4.78, 5) is 0. The Morgan fingerprint density at radius 2 is 2.10 bits per heavy atom. The highest BCUT2D eigenvalue weighted by atomic mass is 32.2. The zero-order chi connectivity index (χ0) is 7.40. The van der Waals surface area contributed by atoms with Crippen molar-refractivity contribution in [3.8, 4) is 12.3 Å². The molecule has 1 heteroatoms. The third-order valence-corrected chi connectivity index (χ3v) is 3.33. The average Bonchev–Trinajstić information content (AvgIpc) is 2.40. The Labute approximate surface area is 67.8 Å². The number of hydrogen-bond donors (Lipinski definition) is 0. The Kier molecular flexibility index (Phi) is 3.15. The number of hydrogen-bond acceptors (Lipinski definition) is 1. The van der Waals surface area contributed by atoms with Gasteiger partial charge in [-0.3, -0.25) is 0 Å². The second-order valence-electron chi connectivity index (χ2n) is 2.85. The fourth-order valence-corrected chi connectivity index (χ4v) is 2.61. The number of thioether (sulfide) groups is 1. The van der Waals surface area contributed by atoms with Gasteiger partial charge in [-0.1, -0.05) is 18.8 Å². The molecule has 0 bridgehead atoms. The van der Waals surface area contributed by atoms with Gasteiger partial charge in [-0.2, -0.15) is 0 Å². The average molecular weight is 154 g/mol. The lowest BCUT2D eigenvalue weighted by Crippen LogP contribution is -2.01. The third-order valence-electron chi connectivity index (χ3n) is 1.93. The number of rotatable bonds is 2. The molecule has 0 N–H and O–H groups in total. The third kappa shape index (κ3) is 2.27. The predicted molar refractivity (Wildman–Crippen MR) is 48.1 cm³/mol. The SMILES string of the molecule is C#CC(C)SC1CCCC1. The maximum atomic E-state index is 5.28. The summed E-state index contributed by atoms with van der Waals surface area (Å²) >= 11 is 1.97. The van der Waals surface area contributed by atoms with E-state index in [1.165, 1.54) is 25.7 Å². The molecule has 0 heterocycles. The van der Waals surface area contributed by atoms with Crippen molar-refractivity contribution in [1.82, 2.24) is 0 Å². The minimum Gasteiger partial charge on any atom is -0.142 e. The van der Waals surface area contributed by atoms with E-state index in [2.05, 4.69) is 12.8 Å². The van der Waals surface area contributed by atoms with Crippen LogP contribution in [0.5, 0.6) is 0 Å². The predicted octanol–water partition coefficient (Wildman–Crippen LogP) is 2.68. The van der Waals surface area contributed by atoms with Crippen LogP contribution in [-0.4, -0.2) is 10.5 Å². The molecule has 0 spiro atoms. The van der Waals surface area contributed by atoms with Gasteiger partial charge in [0.2, 0.25) is 0 Å². The van der Waals surface area contributed by atoms with E-state index in [4.69, 9.17) is 6.42 Å². The number of terminal acetylenes is 1. The Balaban J connectivity index is 2.19. The van der Waals surface area contributed by atoms with Gasteiger partial charge in [-0.05, 0) is 19.8 Å². The molecule has 0 saturated heterocycles. The van der Waals surface area contributed by atoms with Gasteiger partial charge >= 0.3 is 0 Å². The zero-order valence-electron chi connectivity index (χ0n) is 6.47. The van der Waals surface area contributed by atoms with E-state index in [1.54, 1.807) is 0 Å². The van der Waals surface area contributed by atoms with Crippen LogP contribution in [-0.2, 0) is 0 Å². The lowest BCUT2D eigenvalue weighted by Gasteiger charge is -2.09. The Hall–Kier alpha value is -0.0900. The van der Waals surface area contributed by atoms with Gasteiger partial charge in [0.25, 0.3) is 0 Å². The van der Waals surface area contributed by atoms with Crippen molar-refractivity contribution in [3.63, 3.8) is 0 Å². The fraction of sp³-hybridized carbons (Fsp3) is 0.778. The molecule has 0 nitrogen and oxygen atoms in total. The second-order valence-corrected chi connectivity index (χ2v) is 4.50. The van der Waals surface area contributed by atoms with Gasteiger partial charge in [0, 0.05) is 5.25 Å². The molecular weight excluding hydrogens is 140 g/mol. The molecule has 0 aromatic rings. The quantitative estimate of drug-likeness (QED) is 0.551. The van der Waals surface area contributed by atoms with Gasteiger partial charge in [0.05, 0.1) is 5.25 Å². The molecule has 1 unspecified atom stereocenters. The molecule has 0 aliphatic heterocycles. The molecule has 1 fully saturated rings. The summed E-state index contributed by atoms with van der Waals surface area (Å²) in [5.74, 6) is 2.75. The summed E-state index contributed by atoms with van der Waals surface area (Å²) in [6.45, 7) is 2.11. The topological polar surface area (TPSA) is 0 Å². The van der Waals surface area contributed by atoms with E-state index in [9.17, 15) is 0 Å². The van der Waals surface area contributed by atoms with Crippen molar-refractivity contribution in [2.45, 2.75) is 43.1 Å². The normalized spacial score (nSPS) is 22.4. The lowest BCUT2D eigenvalue weighted by atomic mass is 10.4. The largest absolute Gasteiger partial charge is 0.142 e. The molecule has 1 aliphatic carbocycles. The summed E-state index contributed by atoms with van der Waals surface area (Å²) in [5, 5.41) is 1.29. The summed E-state index contributed by atoms with van der Waals surface area (Å²) in [6.07, 6.45) is 10.9. The summed E-state index contributed by atoms with van der Waals surface area (Å²) in [6, 6.07) is 0. The molecule has 0 radical (unpaired) electrons. The van der Waals surface area contributed by atoms with Crippen LogP contribution in [0.3, 0.4) is 0 Å². The van der Waals surface area contributed by atoms with Crippen LogP contribution in [0, 0.1) is 12.3 Å². The molecule has 1 saturated carbocycles. The maximum absolute atomic E-state index is 5.28. The summed E-state index contributed by atoms with van der Waals surface area (Å²) in [5.41, 5.74) is 0. The van der Waals surface area contributed by atoms with Crippen LogP contribution >= 0.6 is 11.8 Å². The van der Waals surface area contributed by atoms with Gasteiger partial charge in [-0.15, -0.1) is 18.2 Å². The van der Waals surface area contributed by atoms with Gasteiger partial charge in [0.15, 0.2) is 0 Å². The first-order valence-corrected chi connectivity index (χ1v) is 4.89. The van der Waals surface area contributed by atoms with E-state index >= 15 is 0 Å². The standard InChI is InChI=1S/C9H14S/c1-3-8(2)10-9-6-4-5-7-9/h1,8-9H,4-7H2,2H3. The maximum Gasteiger partial charge on any atom is 0.0629 e. The smallest absolute Gasteiger partial charge is 0.0629 e. The van der Waals surface area contributed by atoms with Crippen LogP contribution in [0.25, 0.3) is 0 Å². The fourth-order valence-electron chi connectivity index (χ4n) is 1.35. The van der Waals surface area contributed by atoms with Crippen molar-refractivity contribution in [2.24, 2.45) is 0 Å². The minimum absolute atomic E-state index is 0.420. The molecule has 56 valence electrons. The van der Waals surface area contributed by atoms with Crippen LogP contribution in [0.2, 0.25) is 0 Å². The van der Waals surface area contributed by atoms with Crippen molar-refractivity contribution < 1.29 is 0 Å².